The second kappa shape index (κ2) is 5.84. The predicted octanol–water partition coefficient (Wildman–Crippen LogP) is 0.837. The molecule has 0 radical (unpaired) electrons. The molecule has 0 aliphatic heterocycles. The fraction of sp³-hybridized carbons (Fsp3) is 0.364. The van der Waals surface area contributed by atoms with Gasteiger partial charge in [-0.15, -0.1) is 0 Å². The zero-order valence-corrected chi connectivity index (χ0v) is 9.74. The maximum atomic E-state index is 11.2. The standard InChI is InChI=1S/C11H15ClN2O2/c1-7(13)11(16)14-6-10(15)8-2-4-9(12)5-3-8/h2-5,7,10,15H,6,13H2,1H3,(H,14,16)/t7-,10?/m1/s1. The third-order valence-electron chi connectivity index (χ3n) is 2.14. The summed E-state index contributed by atoms with van der Waals surface area (Å²) in [5.74, 6) is -0.284. The lowest BCUT2D eigenvalue weighted by molar-refractivity contribution is -0.122. The van der Waals surface area contributed by atoms with E-state index in [1.165, 1.54) is 0 Å². The van der Waals surface area contributed by atoms with Gasteiger partial charge in [0.1, 0.15) is 0 Å². The molecule has 1 aromatic rings. The third-order valence-corrected chi connectivity index (χ3v) is 2.39. The van der Waals surface area contributed by atoms with Gasteiger partial charge in [0, 0.05) is 11.6 Å². The Kier molecular flexibility index (Phi) is 4.73. The van der Waals surface area contributed by atoms with E-state index in [9.17, 15) is 9.90 Å². The Balaban J connectivity index is 2.49. The van der Waals surface area contributed by atoms with Crippen LogP contribution in [0.25, 0.3) is 0 Å². The summed E-state index contributed by atoms with van der Waals surface area (Å²) in [6.45, 7) is 1.73. The molecule has 4 N–H and O–H groups in total. The van der Waals surface area contributed by atoms with Crippen molar-refractivity contribution < 1.29 is 9.90 Å². The largest absolute Gasteiger partial charge is 0.387 e. The van der Waals surface area contributed by atoms with Crippen LogP contribution in [-0.2, 0) is 4.79 Å². The average Bonchev–Trinajstić information content (AvgIpc) is 2.26. The van der Waals surface area contributed by atoms with Crippen LogP contribution in [-0.4, -0.2) is 23.6 Å². The summed E-state index contributed by atoms with van der Waals surface area (Å²) in [6, 6.07) is 6.23. The van der Waals surface area contributed by atoms with Gasteiger partial charge in [-0.25, -0.2) is 0 Å². The van der Waals surface area contributed by atoms with E-state index < -0.39 is 12.1 Å². The molecule has 0 bridgehead atoms. The molecule has 0 saturated carbocycles. The van der Waals surface area contributed by atoms with E-state index in [0.29, 0.717) is 10.6 Å². The molecule has 1 rings (SSSR count). The van der Waals surface area contributed by atoms with Crippen LogP contribution >= 0.6 is 11.6 Å². The fourth-order valence-electron chi connectivity index (χ4n) is 1.16. The van der Waals surface area contributed by atoms with Gasteiger partial charge >= 0.3 is 0 Å². The van der Waals surface area contributed by atoms with Gasteiger partial charge in [0.05, 0.1) is 12.1 Å². The van der Waals surface area contributed by atoms with Crippen LogP contribution in [0.2, 0.25) is 5.02 Å². The molecule has 5 heteroatoms. The highest BCUT2D eigenvalue weighted by Crippen LogP contribution is 2.15. The van der Waals surface area contributed by atoms with Gasteiger partial charge in [-0.3, -0.25) is 4.79 Å². The molecule has 0 aliphatic carbocycles. The Morgan fingerprint density at radius 1 is 1.50 bits per heavy atom. The molecule has 4 nitrogen and oxygen atoms in total. The number of carbonyl (C=O) groups excluding carboxylic acids is 1. The van der Waals surface area contributed by atoms with Crippen LogP contribution in [0.4, 0.5) is 0 Å². The monoisotopic (exact) mass is 242 g/mol. The molecule has 0 fully saturated rings. The van der Waals surface area contributed by atoms with E-state index in [1.807, 2.05) is 0 Å². The molecule has 0 spiro atoms. The number of benzene rings is 1. The van der Waals surface area contributed by atoms with Crippen molar-refractivity contribution in [2.24, 2.45) is 5.73 Å². The molecule has 88 valence electrons. The van der Waals surface area contributed by atoms with Gasteiger partial charge < -0.3 is 16.2 Å². The molecule has 0 heterocycles. The number of amides is 1. The van der Waals surface area contributed by atoms with Crippen LogP contribution in [0.5, 0.6) is 0 Å². The van der Waals surface area contributed by atoms with Gasteiger partial charge in [-0.1, -0.05) is 23.7 Å². The molecule has 0 saturated heterocycles. The fourth-order valence-corrected chi connectivity index (χ4v) is 1.29. The Labute approximate surface area is 99.4 Å². The first kappa shape index (κ1) is 13.0. The summed E-state index contributed by atoms with van der Waals surface area (Å²) >= 11 is 5.72. The van der Waals surface area contributed by atoms with Crippen molar-refractivity contribution in [3.63, 3.8) is 0 Å². The highest BCUT2D eigenvalue weighted by molar-refractivity contribution is 6.30. The smallest absolute Gasteiger partial charge is 0.236 e. The minimum atomic E-state index is -0.750. The zero-order valence-electron chi connectivity index (χ0n) is 8.98. The number of nitrogens with two attached hydrogens (primary N) is 1. The quantitative estimate of drug-likeness (QED) is 0.732. The van der Waals surface area contributed by atoms with Gasteiger partial charge in [0.25, 0.3) is 0 Å². The number of hydrogen-bond acceptors (Lipinski definition) is 3. The number of halogens is 1. The lowest BCUT2D eigenvalue weighted by Gasteiger charge is -2.13. The predicted molar refractivity (Wildman–Crippen MR) is 63.1 cm³/mol. The van der Waals surface area contributed by atoms with E-state index in [0.717, 1.165) is 0 Å². The van der Waals surface area contributed by atoms with E-state index in [2.05, 4.69) is 5.32 Å². The van der Waals surface area contributed by atoms with Gasteiger partial charge in [0.15, 0.2) is 0 Å². The molecule has 16 heavy (non-hydrogen) atoms. The molecular weight excluding hydrogens is 228 g/mol. The zero-order chi connectivity index (χ0) is 12.1. The van der Waals surface area contributed by atoms with E-state index >= 15 is 0 Å². The summed E-state index contributed by atoms with van der Waals surface area (Å²) in [7, 11) is 0. The van der Waals surface area contributed by atoms with Gasteiger partial charge in [0.2, 0.25) is 5.91 Å². The summed E-state index contributed by atoms with van der Waals surface area (Å²) in [5.41, 5.74) is 6.07. The Morgan fingerprint density at radius 2 is 2.06 bits per heavy atom. The molecule has 1 aromatic carbocycles. The molecule has 2 atom stereocenters. The normalized spacial score (nSPS) is 14.2. The van der Waals surface area contributed by atoms with E-state index in [1.54, 1.807) is 31.2 Å². The Hall–Kier alpha value is -1.10. The topological polar surface area (TPSA) is 75.4 Å². The van der Waals surface area contributed by atoms with E-state index in [4.69, 9.17) is 17.3 Å². The summed E-state index contributed by atoms with van der Waals surface area (Å²) in [5, 5.41) is 12.9. The second-order valence-electron chi connectivity index (χ2n) is 3.60. The van der Waals surface area contributed by atoms with Crippen LogP contribution in [0, 0.1) is 0 Å². The highest BCUT2D eigenvalue weighted by atomic mass is 35.5. The van der Waals surface area contributed by atoms with Crippen LogP contribution < -0.4 is 11.1 Å². The van der Waals surface area contributed by atoms with Crippen molar-refractivity contribution in [3.05, 3.63) is 34.9 Å². The molecule has 0 aliphatic rings. The number of aliphatic hydroxyl groups excluding tert-OH is 1. The van der Waals surface area contributed by atoms with Crippen molar-refractivity contribution in [1.29, 1.82) is 0 Å². The number of hydrogen-bond donors (Lipinski definition) is 3. The summed E-state index contributed by atoms with van der Waals surface area (Å²) in [6.07, 6.45) is -0.750. The SMILES string of the molecule is C[C@@H](N)C(=O)NCC(O)c1ccc(Cl)cc1. The number of aliphatic hydroxyl groups is 1. The van der Waals surface area contributed by atoms with E-state index in [-0.39, 0.29) is 12.5 Å². The van der Waals surface area contributed by atoms with Crippen molar-refractivity contribution in [3.8, 4) is 0 Å². The lowest BCUT2D eigenvalue weighted by Crippen LogP contribution is -2.40. The second-order valence-corrected chi connectivity index (χ2v) is 4.04. The summed E-state index contributed by atoms with van der Waals surface area (Å²) < 4.78 is 0. The van der Waals surface area contributed by atoms with Crippen LogP contribution in [0.3, 0.4) is 0 Å². The summed E-state index contributed by atoms with van der Waals surface area (Å²) in [4.78, 5) is 11.2. The van der Waals surface area contributed by atoms with Crippen LogP contribution in [0.1, 0.15) is 18.6 Å². The Bertz CT molecular complexity index is 352. The lowest BCUT2D eigenvalue weighted by atomic mass is 10.1. The van der Waals surface area contributed by atoms with Crippen molar-refractivity contribution in [1.82, 2.24) is 5.32 Å². The van der Waals surface area contributed by atoms with Crippen molar-refractivity contribution in [2.75, 3.05) is 6.54 Å². The number of rotatable bonds is 4. The Morgan fingerprint density at radius 3 is 2.56 bits per heavy atom. The maximum absolute atomic E-state index is 11.2. The number of carbonyl (C=O) groups is 1. The average molecular weight is 243 g/mol. The maximum Gasteiger partial charge on any atom is 0.236 e. The minimum absolute atomic E-state index is 0.141. The van der Waals surface area contributed by atoms with Gasteiger partial charge in [-0.05, 0) is 24.6 Å². The first-order valence-corrected chi connectivity index (χ1v) is 5.35. The van der Waals surface area contributed by atoms with Crippen LogP contribution in [0.15, 0.2) is 24.3 Å². The minimum Gasteiger partial charge on any atom is -0.387 e. The molecular formula is C11H15ClN2O2. The third kappa shape index (κ3) is 3.81. The molecule has 1 amide bonds. The first-order valence-electron chi connectivity index (χ1n) is 4.97. The molecule has 0 aromatic heterocycles. The first-order chi connectivity index (χ1) is 7.50. The van der Waals surface area contributed by atoms with Crippen molar-refractivity contribution in [2.45, 2.75) is 19.1 Å². The van der Waals surface area contributed by atoms with Crippen molar-refractivity contribution >= 4 is 17.5 Å². The van der Waals surface area contributed by atoms with Gasteiger partial charge in [-0.2, -0.15) is 0 Å². The molecule has 1 unspecified atom stereocenters. The highest BCUT2D eigenvalue weighted by Gasteiger charge is 2.11. The number of nitrogens with one attached hydrogen (secondary N) is 1.